The van der Waals surface area contributed by atoms with Crippen LogP contribution in [0, 0.1) is 10.1 Å². The second-order valence-electron chi connectivity index (χ2n) is 3.61. The molecule has 0 aliphatic heterocycles. The summed E-state index contributed by atoms with van der Waals surface area (Å²) < 4.78 is 0. The Balaban J connectivity index is 2.14. The maximum Gasteiger partial charge on any atom is 0.270 e. The predicted octanol–water partition coefficient (Wildman–Crippen LogP) is 2.14. The molecule has 0 fully saturated rings. The molecule has 1 aromatic heterocycles. The van der Waals surface area contributed by atoms with Gasteiger partial charge in [-0.1, -0.05) is 0 Å². The van der Waals surface area contributed by atoms with Crippen LogP contribution in [0.3, 0.4) is 0 Å². The van der Waals surface area contributed by atoms with Crippen molar-refractivity contribution in [2.75, 3.05) is 5.43 Å². The Morgan fingerprint density at radius 3 is 2.74 bits per heavy atom. The van der Waals surface area contributed by atoms with Gasteiger partial charge in [0, 0.05) is 30.1 Å². The molecule has 0 spiro atoms. The zero-order valence-electron chi connectivity index (χ0n) is 9.72. The predicted molar refractivity (Wildman–Crippen MR) is 70.2 cm³/mol. The number of non-ortho nitro benzene ring substituents is 1. The third-order valence-corrected chi connectivity index (χ3v) is 2.30. The maximum atomic E-state index is 10.6. The molecule has 19 heavy (non-hydrogen) atoms. The van der Waals surface area contributed by atoms with Crippen LogP contribution in [0.5, 0.6) is 5.75 Å². The molecule has 1 aromatic carbocycles. The molecule has 1 heterocycles. The summed E-state index contributed by atoms with van der Waals surface area (Å²) in [7, 11) is 0. The van der Waals surface area contributed by atoms with Gasteiger partial charge < -0.3 is 5.11 Å². The van der Waals surface area contributed by atoms with Crippen LogP contribution in [-0.4, -0.2) is 21.2 Å². The highest BCUT2D eigenvalue weighted by Gasteiger charge is 2.08. The summed E-state index contributed by atoms with van der Waals surface area (Å²) >= 11 is 0. The Kier molecular flexibility index (Phi) is 3.67. The average Bonchev–Trinajstić information content (AvgIpc) is 2.42. The fourth-order valence-electron chi connectivity index (χ4n) is 1.36. The van der Waals surface area contributed by atoms with Gasteiger partial charge >= 0.3 is 0 Å². The van der Waals surface area contributed by atoms with Crippen molar-refractivity contribution in [1.82, 2.24) is 4.98 Å². The number of hydrazone groups is 1. The van der Waals surface area contributed by atoms with Crippen LogP contribution >= 0.6 is 0 Å². The van der Waals surface area contributed by atoms with Gasteiger partial charge in [-0.3, -0.25) is 20.5 Å². The van der Waals surface area contributed by atoms with E-state index in [1.807, 2.05) is 0 Å². The van der Waals surface area contributed by atoms with E-state index in [9.17, 15) is 15.2 Å². The van der Waals surface area contributed by atoms with E-state index in [4.69, 9.17) is 0 Å². The number of nitro groups is 1. The standard InChI is InChI=1S/C12H10N4O3/c17-12-2-1-11(16(18)19)7-9(12)8-14-15-10-3-5-13-6-4-10/h1-8,17H,(H,13,15)/b14-8-. The number of aromatic nitrogens is 1. The van der Waals surface area contributed by atoms with Gasteiger partial charge in [-0.15, -0.1) is 0 Å². The number of nitro benzene ring substituents is 1. The minimum absolute atomic E-state index is 0.0779. The molecule has 0 saturated carbocycles. The summed E-state index contributed by atoms with van der Waals surface area (Å²) in [6.07, 6.45) is 4.51. The molecule has 0 radical (unpaired) electrons. The lowest BCUT2D eigenvalue weighted by molar-refractivity contribution is -0.384. The number of nitrogens with zero attached hydrogens (tertiary/aromatic N) is 3. The van der Waals surface area contributed by atoms with Crippen LogP contribution in [0.2, 0.25) is 0 Å². The number of rotatable bonds is 4. The summed E-state index contributed by atoms with van der Waals surface area (Å²) in [6.45, 7) is 0. The first-order valence-corrected chi connectivity index (χ1v) is 5.33. The lowest BCUT2D eigenvalue weighted by atomic mass is 10.2. The molecule has 0 unspecified atom stereocenters. The summed E-state index contributed by atoms with van der Waals surface area (Å²) in [5.41, 5.74) is 3.59. The van der Waals surface area contributed by atoms with Crippen molar-refractivity contribution in [3.8, 4) is 5.75 Å². The second-order valence-corrected chi connectivity index (χ2v) is 3.61. The van der Waals surface area contributed by atoms with Gasteiger partial charge in [0.15, 0.2) is 0 Å². The van der Waals surface area contributed by atoms with E-state index in [1.165, 1.54) is 24.4 Å². The van der Waals surface area contributed by atoms with Crippen LogP contribution in [0.1, 0.15) is 5.56 Å². The smallest absolute Gasteiger partial charge is 0.270 e. The summed E-state index contributed by atoms with van der Waals surface area (Å²) in [4.78, 5) is 13.9. The van der Waals surface area contributed by atoms with Crippen LogP contribution in [-0.2, 0) is 0 Å². The molecule has 2 aromatic rings. The van der Waals surface area contributed by atoms with E-state index < -0.39 is 4.92 Å². The van der Waals surface area contributed by atoms with Gasteiger partial charge in [-0.2, -0.15) is 5.10 Å². The minimum Gasteiger partial charge on any atom is -0.507 e. The first kappa shape index (κ1) is 12.5. The molecule has 7 heteroatoms. The molecule has 0 aliphatic carbocycles. The van der Waals surface area contributed by atoms with Crippen LogP contribution in [0.4, 0.5) is 11.4 Å². The first-order valence-electron chi connectivity index (χ1n) is 5.33. The van der Waals surface area contributed by atoms with Crippen molar-refractivity contribution in [3.05, 3.63) is 58.4 Å². The van der Waals surface area contributed by atoms with Crippen molar-refractivity contribution in [3.63, 3.8) is 0 Å². The number of phenols is 1. The molecule has 0 amide bonds. The normalized spacial score (nSPS) is 10.5. The Morgan fingerprint density at radius 2 is 2.05 bits per heavy atom. The van der Waals surface area contributed by atoms with E-state index in [2.05, 4.69) is 15.5 Å². The van der Waals surface area contributed by atoms with E-state index in [0.717, 1.165) is 5.69 Å². The highest BCUT2D eigenvalue weighted by atomic mass is 16.6. The van der Waals surface area contributed by atoms with Crippen molar-refractivity contribution < 1.29 is 10.0 Å². The highest BCUT2D eigenvalue weighted by Crippen LogP contribution is 2.21. The third-order valence-electron chi connectivity index (χ3n) is 2.30. The Bertz CT molecular complexity index is 614. The molecule has 96 valence electrons. The number of pyridine rings is 1. The molecule has 0 atom stereocenters. The van der Waals surface area contributed by atoms with E-state index in [0.29, 0.717) is 0 Å². The topological polar surface area (TPSA) is 101 Å². The largest absolute Gasteiger partial charge is 0.507 e. The van der Waals surface area contributed by atoms with Crippen LogP contribution in [0.15, 0.2) is 47.8 Å². The lowest BCUT2D eigenvalue weighted by Crippen LogP contribution is -1.93. The number of aromatic hydroxyl groups is 1. The average molecular weight is 258 g/mol. The molecule has 2 N–H and O–H groups in total. The van der Waals surface area contributed by atoms with E-state index >= 15 is 0 Å². The number of benzene rings is 1. The van der Waals surface area contributed by atoms with E-state index in [1.54, 1.807) is 24.5 Å². The molecule has 0 saturated heterocycles. The molecular formula is C12H10N4O3. The maximum absolute atomic E-state index is 10.6. The molecule has 0 bridgehead atoms. The molecular weight excluding hydrogens is 248 g/mol. The van der Waals surface area contributed by atoms with Crippen molar-refractivity contribution in [1.29, 1.82) is 0 Å². The van der Waals surface area contributed by atoms with Crippen molar-refractivity contribution in [2.24, 2.45) is 5.10 Å². The Hall–Kier alpha value is -2.96. The summed E-state index contributed by atoms with van der Waals surface area (Å²) in [5.74, 6) is -0.0779. The van der Waals surface area contributed by atoms with Gasteiger partial charge in [-0.05, 0) is 18.2 Å². The number of phenolic OH excluding ortho intramolecular Hbond substituents is 1. The Labute approximate surface area is 108 Å². The molecule has 2 rings (SSSR count). The van der Waals surface area contributed by atoms with Crippen molar-refractivity contribution >= 4 is 17.6 Å². The quantitative estimate of drug-likeness (QED) is 0.497. The van der Waals surface area contributed by atoms with Gasteiger partial charge in [0.1, 0.15) is 5.75 Å². The third kappa shape index (κ3) is 3.25. The number of anilines is 1. The number of hydrogen-bond acceptors (Lipinski definition) is 6. The van der Waals surface area contributed by atoms with Gasteiger partial charge in [0.2, 0.25) is 0 Å². The van der Waals surface area contributed by atoms with Crippen LogP contribution < -0.4 is 5.43 Å². The fourth-order valence-corrected chi connectivity index (χ4v) is 1.36. The monoisotopic (exact) mass is 258 g/mol. The zero-order valence-corrected chi connectivity index (χ0v) is 9.72. The van der Waals surface area contributed by atoms with Gasteiger partial charge in [0.05, 0.1) is 16.8 Å². The fraction of sp³-hybridized carbons (Fsp3) is 0. The lowest BCUT2D eigenvalue weighted by Gasteiger charge is -2.00. The van der Waals surface area contributed by atoms with Gasteiger partial charge in [-0.25, -0.2) is 0 Å². The zero-order chi connectivity index (χ0) is 13.7. The summed E-state index contributed by atoms with van der Waals surface area (Å²) in [5, 5.41) is 24.1. The number of hydrogen-bond donors (Lipinski definition) is 2. The summed E-state index contributed by atoms with van der Waals surface area (Å²) in [6, 6.07) is 7.15. The first-order chi connectivity index (χ1) is 9.16. The highest BCUT2D eigenvalue weighted by molar-refractivity contribution is 5.84. The second kappa shape index (κ2) is 5.58. The number of nitrogens with one attached hydrogen (secondary N) is 1. The van der Waals surface area contributed by atoms with Crippen LogP contribution in [0.25, 0.3) is 0 Å². The van der Waals surface area contributed by atoms with E-state index in [-0.39, 0.29) is 17.0 Å². The SMILES string of the molecule is O=[N+]([O-])c1ccc(O)c(/C=N\Nc2ccncc2)c1. The minimum atomic E-state index is -0.535. The molecule has 0 aliphatic rings. The Morgan fingerprint density at radius 1 is 1.32 bits per heavy atom. The van der Waals surface area contributed by atoms with Gasteiger partial charge in [0.25, 0.3) is 5.69 Å². The molecule has 7 nitrogen and oxygen atoms in total. The van der Waals surface area contributed by atoms with Crippen molar-refractivity contribution in [2.45, 2.75) is 0 Å².